The minimum atomic E-state index is -0.162. The number of fused-ring (bicyclic) bond motifs is 9. The second-order valence-corrected chi connectivity index (χ2v) is 30.7. The van der Waals surface area contributed by atoms with Crippen LogP contribution >= 0.6 is 11.3 Å². The Hall–Kier alpha value is -5.84. The van der Waals surface area contributed by atoms with Gasteiger partial charge < -0.3 is 9.80 Å². The van der Waals surface area contributed by atoms with Gasteiger partial charge in [-0.05, 0) is 204 Å². The minimum absolute atomic E-state index is 0.00643. The molecule has 4 heteroatoms. The molecule has 8 aromatic rings. The summed E-state index contributed by atoms with van der Waals surface area (Å²) < 4.78 is 2.89. The predicted molar refractivity (Wildman–Crippen MR) is 341 cm³/mol. The van der Waals surface area contributed by atoms with Crippen LogP contribution in [0.5, 0.6) is 0 Å². The molecule has 1 aromatic heterocycles. The molecule has 3 aliphatic carbocycles. The molecule has 398 valence electrons. The monoisotopic (exact) mass is 1040 g/mol. The summed E-state index contributed by atoms with van der Waals surface area (Å²) in [7, 11) is 0. The average molecular weight is 1040 g/mol. The number of rotatable bonds is 4. The third-order valence-corrected chi connectivity index (χ3v) is 21.5. The van der Waals surface area contributed by atoms with Crippen molar-refractivity contribution in [3.05, 3.63) is 172 Å². The lowest BCUT2D eigenvalue weighted by Gasteiger charge is -2.48. The Labute approximate surface area is 472 Å². The molecule has 0 saturated heterocycles. The van der Waals surface area contributed by atoms with Crippen molar-refractivity contribution in [3.63, 3.8) is 0 Å². The summed E-state index contributed by atoms with van der Waals surface area (Å²) in [4.78, 5) is 5.61. The topological polar surface area (TPSA) is 6.48 Å². The molecule has 0 amide bonds. The second-order valence-electron chi connectivity index (χ2n) is 29.6. The Morgan fingerprint density at radius 2 is 0.936 bits per heavy atom. The number of hydrogen-bond donors (Lipinski definition) is 0. The van der Waals surface area contributed by atoms with Gasteiger partial charge in [0, 0.05) is 43.1 Å². The van der Waals surface area contributed by atoms with Crippen LogP contribution in [0.2, 0.25) is 0 Å². The number of hydrogen-bond acceptors (Lipinski definition) is 3. The van der Waals surface area contributed by atoms with E-state index in [1.807, 2.05) is 0 Å². The SMILES string of the molecule is CC1CCC(C)c2cc3c4c(sc3cc21)B1c2cc3c(cc2N(c2ccc(C(C)(C)C)cc2-c2ccccc2)c2cc(C(C)(C)C)cc(c21)N4c1cc2c(cc1-c1ccccc1)C(C)(C)CCC2(C)C)C(C)(C)CCC3(C)C. The molecule has 2 unspecified atom stereocenters. The van der Waals surface area contributed by atoms with E-state index in [1.165, 1.54) is 141 Å². The number of anilines is 6. The van der Waals surface area contributed by atoms with Gasteiger partial charge in [0.1, 0.15) is 0 Å². The van der Waals surface area contributed by atoms with Crippen LogP contribution in [0.25, 0.3) is 32.3 Å². The summed E-state index contributed by atoms with van der Waals surface area (Å²) >= 11 is 2.10. The van der Waals surface area contributed by atoms with E-state index in [1.54, 1.807) is 11.1 Å². The van der Waals surface area contributed by atoms with Crippen LogP contribution in [0.1, 0.15) is 206 Å². The van der Waals surface area contributed by atoms with Crippen LogP contribution < -0.4 is 25.5 Å². The van der Waals surface area contributed by atoms with Crippen LogP contribution in [0.4, 0.5) is 34.1 Å². The highest BCUT2D eigenvalue weighted by Crippen LogP contribution is 2.57. The van der Waals surface area contributed by atoms with Crippen molar-refractivity contribution in [2.24, 2.45) is 0 Å². The van der Waals surface area contributed by atoms with Crippen molar-refractivity contribution in [2.75, 3.05) is 9.80 Å². The zero-order valence-electron chi connectivity index (χ0n) is 49.9. The second kappa shape index (κ2) is 17.3. The van der Waals surface area contributed by atoms with Gasteiger partial charge in [0.25, 0.3) is 6.71 Å². The smallest absolute Gasteiger partial charge is 0.264 e. The third-order valence-electron chi connectivity index (χ3n) is 20.3. The summed E-state index contributed by atoms with van der Waals surface area (Å²) in [5.74, 6) is 1.05. The Morgan fingerprint density at radius 1 is 0.462 bits per heavy atom. The fraction of sp³-hybridized carbons (Fsp3) is 0.405. The van der Waals surface area contributed by atoms with Gasteiger partial charge in [-0.3, -0.25) is 0 Å². The highest BCUT2D eigenvalue weighted by molar-refractivity contribution is 7.33. The molecular formula is C74H83BN2S. The average Bonchev–Trinajstić information content (AvgIpc) is 3.83. The Bertz CT molecular complexity index is 3760. The molecule has 2 aliphatic heterocycles. The normalized spacial score (nSPS) is 20.3. The fourth-order valence-electron chi connectivity index (χ4n) is 14.9. The molecule has 0 radical (unpaired) electrons. The molecule has 78 heavy (non-hydrogen) atoms. The molecule has 13 rings (SSSR count). The maximum Gasteiger partial charge on any atom is 0.264 e. The minimum Gasteiger partial charge on any atom is -0.311 e. The number of nitrogens with zero attached hydrogens (tertiary/aromatic N) is 2. The fourth-order valence-corrected chi connectivity index (χ4v) is 16.3. The largest absolute Gasteiger partial charge is 0.311 e. The molecule has 0 spiro atoms. The highest BCUT2D eigenvalue weighted by Gasteiger charge is 2.50. The molecule has 5 aliphatic rings. The van der Waals surface area contributed by atoms with Crippen LogP contribution in [-0.4, -0.2) is 6.71 Å². The van der Waals surface area contributed by atoms with Gasteiger partial charge >= 0.3 is 0 Å². The van der Waals surface area contributed by atoms with E-state index in [2.05, 4.69) is 259 Å². The Kier molecular flexibility index (Phi) is 11.5. The van der Waals surface area contributed by atoms with Crippen molar-refractivity contribution >= 4 is 78.0 Å². The maximum atomic E-state index is 2.85. The maximum absolute atomic E-state index is 2.85. The quantitative estimate of drug-likeness (QED) is 0.162. The van der Waals surface area contributed by atoms with Crippen LogP contribution in [0.15, 0.2) is 127 Å². The van der Waals surface area contributed by atoms with Gasteiger partial charge in [-0.15, -0.1) is 11.3 Å². The van der Waals surface area contributed by atoms with Crippen LogP contribution in [0, 0.1) is 0 Å². The van der Waals surface area contributed by atoms with Gasteiger partial charge in [0.2, 0.25) is 0 Å². The van der Waals surface area contributed by atoms with E-state index in [-0.39, 0.29) is 39.2 Å². The molecular weight excluding hydrogens is 960 g/mol. The van der Waals surface area contributed by atoms with Gasteiger partial charge in [-0.25, -0.2) is 0 Å². The molecule has 7 aromatic carbocycles. The van der Waals surface area contributed by atoms with E-state index >= 15 is 0 Å². The summed E-state index contributed by atoms with van der Waals surface area (Å²) in [5.41, 5.74) is 27.5. The predicted octanol–water partition coefficient (Wildman–Crippen LogP) is 19.6. The first kappa shape index (κ1) is 51.6. The molecule has 3 heterocycles. The number of benzene rings is 7. The zero-order valence-corrected chi connectivity index (χ0v) is 50.7. The Morgan fingerprint density at radius 3 is 1.47 bits per heavy atom. The van der Waals surface area contributed by atoms with Crippen molar-refractivity contribution in [2.45, 2.75) is 194 Å². The van der Waals surface area contributed by atoms with Crippen molar-refractivity contribution in [1.29, 1.82) is 0 Å². The van der Waals surface area contributed by atoms with Gasteiger partial charge in [0.15, 0.2) is 0 Å². The first-order chi connectivity index (χ1) is 36.7. The molecule has 2 nitrogen and oxygen atoms in total. The lowest BCUT2D eigenvalue weighted by Crippen LogP contribution is -2.61. The van der Waals surface area contributed by atoms with E-state index in [0.717, 1.165) is 12.8 Å². The van der Waals surface area contributed by atoms with Crippen LogP contribution in [0.3, 0.4) is 0 Å². The van der Waals surface area contributed by atoms with E-state index < -0.39 is 0 Å². The van der Waals surface area contributed by atoms with Gasteiger partial charge in [0.05, 0.1) is 17.1 Å². The highest BCUT2D eigenvalue weighted by atomic mass is 32.1. The third kappa shape index (κ3) is 7.90. The molecule has 0 N–H and O–H groups in total. The first-order valence-electron chi connectivity index (χ1n) is 29.8. The standard InChI is InChI=1S/C74H83BN2S/c1-44-27-28-45(2)51-40-65-54(38-50(44)51)67-68(78-65)75-59-41-56-58(74(15,16)34-32-72(56,11)12)43-62(59)76(60-30-29-48(69(3,4)5)35-52(60)46-23-19-17-20-24-46)63-36-49(70(6,7)8)37-64(66(63)75)77(67)61-42-57-55(71(9,10)31-33-73(57,13)14)39-53(61)47-25-21-18-22-26-47/h17-26,29-30,35-45H,27-28,31-34H2,1-16H3. The van der Waals surface area contributed by atoms with Gasteiger partial charge in [-0.1, -0.05) is 184 Å². The summed E-state index contributed by atoms with van der Waals surface area (Å²) in [5, 5.41) is 1.41. The molecule has 0 saturated carbocycles. The zero-order chi connectivity index (χ0) is 55.0. The van der Waals surface area contributed by atoms with E-state index in [4.69, 9.17) is 0 Å². The van der Waals surface area contributed by atoms with E-state index in [0.29, 0.717) is 11.8 Å². The summed E-state index contributed by atoms with van der Waals surface area (Å²) in [6.07, 6.45) is 7.13. The first-order valence-corrected chi connectivity index (χ1v) is 30.6. The molecule has 0 fully saturated rings. The lowest BCUT2D eigenvalue weighted by molar-refractivity contribution is 0.332. The Balaban J connectivity index is 1.23. The van der Waals surface area contributed by atoms with E-state index in [9.17, 15) is 0 Å². The lowest BCUT2D eigenvalue weighted by atomic mass is 9.35. The van der Waals surface area contributed by atoms with Crippen LogP contribution in [-0.2, 0) is 32.5 Å². The molecule has 2 atom stereocenters. The summed E-state index contributed by atoms with van der Waals surface area (Å²) in [6.45, 7) is 39.4. The molecule has 0 bridgehead atoms. The van der Waals surface area contributed by atoms with Crippen molar-refractivity contribution < 1.29 is 0 Å². The van der Waals surface area contributed by atoms with Gasteiger partial charge in [-0.2, -0.15) is 0 Å². The number of thiophene rings is 1. The van der Waals surface area contributed by atoms with Crippen molar-refractivity contribution in [1.82, 2.24) is 0 Å². The van der Waals surface area contributed by atoms with Crippen molar-refractivity contribution in [3.8, 4) is 22.3 Å². The summed E-state index contributed by atoms with van der Waals surface area (Å²) in [6, 6.07) is 51.5.